The monoisotopic (exact) mass is 390 g/mol. The highest BCUT2D eigenvalue weighted by atomic mass is 19.2. The molecular formula is C17H18F4N2O4. The van der Waals surface area contributed by atoms with Crippen LogP contribution in [0.3, 0.4) is 0 Å². The van der Waals surface area contributed by atoms with Gasteiger partial charge in [0, 0.05) is 26.2 Å². The second kappa shape index (κ2) is 7.83. The van der Waals surface area contributed by atoms with Gasteiger partial charge in [0.25, 0.3) is 5.91 Å². The minimum Gasteiger partial charge on any atom is -0.457 e. The fourth-order valence-corrected chi connectivity index (χ4v) is 3.03. The number of halogens is 4. The maximum Gasteiger partial charge on any atom is 0.255 e. The van der Waals surface area contributed by atoms with Crippen LogP contribution < -0.4 is 5.32 Å². The number of nitrogens with zero attached hydrogens (tertiary/aromatic N) is 1. The number of aliphatic hydroxyl groups is 1. The van der Waals surface area contributed by atoms with Crippen molar-refractivity contribution >= 4 is 16.9 Å². The van der Waals surface area contributed by atoms with Gasteiger partial charge in [-0.15, -0.1) is 0 Å². The summed E-state index contributed by atoms with van der Waals surface area (Å²) >= 11 is 0. The van der Waals surface area contributed by atoms with Crippen LogP contribution in [0.2, 0.25) is 0 Å². The Morgan fingerprint density at radius 3 is 2.44 bits per heavy atom. The van der Waals surface area contributed by atoms with Crippen molar-refractivity contribution in [3.8, 4) is 0 Å². The first-order valence-corrected chi connectivity index (χ1v) is 8.32. The number of carbonyl (C=O) groups is 1. The number of hydrogen-bond donors (Lipinski definition) is 2. The van der Waals surface area contributed by atoms with E-state index >= 15 is 0 Å². The molecule has 1 fully saturated rings. The summed E-state index contributed by atoms with van der Waals surface area (Å²) in [6.07, 6.45) is -0.915. The van der Waals surface area contributed by atoms with Crippen molar-refractivity contribution in [1.29, 1.82) is 0 Å². The summed E-state index contributed by atoms with van der Waals surface area (Å²) in [5, 5.41) is 11.6. The van der Waals surface area contributed by atoms with Gasteiger partial charge < -0.3 is 19.6 Å². The number of amides is 1. The largest absolute Gasteiger partial charge is 0.457 e. The Kier molecular flexibility index (Phi) is 5.68. The van der Waals surface area contributed by atoms with E-state index in [1.807, 2.05) is 4.90 Å². The van der Waals surface area contributed by atoms with Crippen molar-refractivity contribution in [2.24, 2.45) is 0 Å². The Bertz CT molecular complexity index is 865. The van der Waals surface area contributed by atoms with Gasteiger partial charge in [-0.05, 0) is 6.92 Å². The number of morpholine rings is 1. The molecule has 0 spiro atoms. The molecule has 1 amide bonds. The number of furan rings is 1. The summed E-state index contributed by atoms with van der Waals surface area (Å²) in [6.45, 7) is 3.75. The van der Waals surface area contributed by atoms with E-state index in [-0.39, 0.29) is 18.8 Å². The molecule has 1 atom stereocenters. The summed E-state index contributed by atoms with van der Waals surface area (Å²) < 4.78 is 64.9. The molecule has 0 aliphatic carbocycles. The van der Waals surface area contributed by atoms with E-state index < -0.39 is 51.8 Å². The number of carbonyl (C=O) groups excluding carboxylic acids is 1. The molecule has 0 saturated carbocycles. The van der Waals surface area contributed by atoms with Crippen molar-refractivity contribution in [3.63, 3.8) is 0 Å². The molecule has 1 saturated heterocycles. The Hall–Kier alpha value is -2.17. The van der Waals surface area contributed by atoms with Crippen LogP contribution in [0.25, 0.3) is 11.0 Å². The molecule has 0 radical (unpaired) electrons. The van der Waals surface area contributed by atoms with Crippen molar-refractivity contribution in [2.75, 3.05) is 39.4 Å². The third-order valence-electron chi connectivity index (χ3n) is 4.38. The SMILES string of the molecule is Cc1oc2c(F)c(F)c(F)c(F)c2c1C(=O)NCC(O)CN1CCOCC1. The highest BCUT2D eigenvalue weighted by Crippen LogP contribution is 2.33. The standard InChI is InChI=1S/C17H18F4N2O4/c1-8-10(11-12(18)13(19)14(20)15(21)16(11)27-8)17(25)22-6-9(24)7-23-2-4-26-5-3-23/h9,24H,2-7H2,1H3,(H,22,25). The van der Waals surface area contributed by atoms with E-state index in [2.05, 4.69) is 5.32 Å². The summed E-state index contributed by atoms with van der Waals surface area (Å²) in [5.41, 5.74) is -1.32. The Labute approximate surface area is 151 Å². The molecule has 10 heteroatoms. The predicted octanol–water partition coefficient (Wildman–Crippen LogP) is 1.72. The smallest absolute Gasteiger partial charge is 0.255 e. The minimum atomic E-state index is -2.03. The zero-order valence-corrected chi connectivity index (χ0v) is 14.5. The fourth-order valence-electron chi connectivity index (χ4n) is 3.03. The quantitative estimate of drug-likeness (QED) is 0.462. The lowest BCUT2D eigenvalue weighted by Gasteiger charge is -2.28. The fraction of sp³-hybridized carbons (Fsp3) is 0.471. The molecule has 2 aromatic rings. The first kappa shape index (κ1) is 19.6. The Balaban J connectivity index is 1.76. The molecular weight excluding hydrogens is 372 g/mol. The lowest BCUT2D eigenvalue weighted by Crippen LogP contribution is -2.44. The van der Waals surface area contributed by atoms with Gasteiger partial charge in [0.15, 0.2) is 17.2 Å². The van der Waals surface area contributed by atoms with Crippen molar-refractivity contribution in [1.82, 2.24) is 10.2 Å². The van der Waals surface area contributed by atoms with Crippen molar-refractivity contribution in [3.05, 3.63) is 34.6 Å². The van der Waals surface area contributed by atoms with Crippen LogP contribution in [0.1, 0.15) is 16.1 Å². The highest BCUT2D eigenvalue weighted by Gasteiger charge is 2.30. The summed E-state index contributed by atoms with van der Waals surface area (Å²) in [4.78, 5) is 14.3. The number of aliphatic hydroxyl groups excluding tert-OH is 1. The van der Waals surface area contributed by atoms with Crippen LogP contribution in [0.15, 0.2) is 4.42 Å². The van der Waals surface area contributed by atoms with Crippen LogP contribution in [0, 0.1) is 30.2 Å². The van der Waals surface area contributed by atoms with Gasteiger partial charge in [0.05, 0.1) is 30.3 Å². The van der Waals surface area contributed by atoms with Gasteiger partial charge >= 0.3 is 0 Å². The van der Waals surface area contributed by atoms with E-state index in [0.717, 1.165) is 0 Å². The first-order valence-electron chi connectivity index (χ1n) is 8.32. The van der Waals surface area contributed by atoms with Gasteiger partial charge in [-0.1, -0.05) is 0 Å². The third kappa shape index (κ3) is 3.78. The summed E-state index contributed by atoms with van der Waals surface area (Å²) in [5.74, 6) is -8.55. The highest BCUT2D eigenvalue weighted by molar-refractivity contribution is 6.07. The molecule has 3 rings (SSSR count). The molecule has 1 aliphatic rings. The summed E-state index contributed by atoms with van der Waals surface area (Å²) in [6, 6.07) is 0. The maximum atomic E-state index is 14.1. The molecule has 1 aliphatic heterocycles. The number of benzene rings is 1. The number of rotatable bonds is 5. The number of hydrogen-bond acceptors (Lipinski definition) is 5. The lowest BCUT2D eigenvalue weighted by atomic mass is 10.1. The number of ether oxygens (including phenoxy) is 1. The van der Waals surface area contributed by atoms with Crippen LogP contribution in [0.5, 0.6) is 0 Å². The van der Waals surface area contributed by atoms with E-state index in [0.29, 0.717) is 26.3 Å². The number of β-amino-alcohol motifs (C(OH)–C–C–N with tert-alkyl or cyclic N) is 1. The Morgan fingerprint density at radius 1 is 1.15 bits per heavy atom. The molecule has 0 bridgehead atoms. The van der Waals surface area contributed by atoms with Crippen molar-refractivity contribution in [2.45, 2.75) is 13.0 Å². The topological polar surface area (TPSA) is 74.9 Å². The van der Waals surface area contributed by atoms with Gasteiger partial charge in [-0.3, -0.25) is 9.69 Å². The van der Waals surface area contributed by atoms with Gasteiger partial charge in [-0.2, -0.15) is 4.39 Å². The second-order valence-electron chi connectivity index (χ2n) is 6.27. The summed E-state index contributed by atoms with van der Waals surface area (Å²) in [7, 11) is 0. The number of aryl methyl sites for hydroxylation is 1. The molecule has 1 aromatic carbocycles. The van der Waals surface area contributed by atoms with E-state index in [9.17, 15) is 27.5 Å². The normalized spacial score (nSPS) is 16.7. The Morgan fingerprint density at radius 2 is 1.78 bits per heavy atom. The van der Waals surface area contributed by atoms with Crippen LogP contribution in [0.4, 0.5) is 17.6 Å². The van der Waals surface area contributed by atoms with Crippen molar-refractivity contribution < 1.29 is 36.6 Å². The molecule has 2 N–H and O–H groups in total. The van der Waals surface area contributed by atoms with Gasteiger partial charge in [0.2, 0.25) is 11.6 Å². The van der Waals surface area contributed by atoms with E-state index in [1.165, 1.54) is 6.92 Å². The molecule has 1 unspecified atom stereocenters. The number of fused-ring (bicyclic) bond motifs is 1. The first-order chi connectivity index (χ1) is 12.8. The van der Waals surface area contributed by atoms with E-state index in [1.54, 1.807) is 0 Å². The average Bonchev–Trinajstić information content (AvgIpc) is 3.01. The second-order valence-corrected chi connectivity index (χ2v) is 6.27. The zero-order valence-electron chi connectivity index (χ0n) is 14.5. The number of nitrogens with one attached hydrogen (secondary N) is 1. The lowest BCUT2D eigenvalue weighted by molar-refractivity contribution is 0.0149. The van der Waals surface area contributed by atoms with E-state index in [4.69, 9.17) is 9.15 Å². The molecule has 27 heavy (non-hydrogen) atoms. The van der Waals surface area contributed by atoms with Crippen LogP contribution in [-0.4, -0.2) is 61.4 Å². The molecule has 2 heterocycles. The molecule has 148 valence electrons. The van der Waals surface area contributed by atoms with Gasteiger partial charge in [0.1, 0.15) is 5.76 Å². The predicted molar refractivity (Wildman–Crippen MR) is 86.4 cm³/mol. The third-order valence-corrected chi connectivity index (χ3v) is 4.38. The average molecular weight is 390 g/mol. The minimum absolute atomic E-state index is 0.171. The maximum absolute atomic E-state index is 14.1. The zero-order chi connectivity index (χ0) is 19.7. The van der Waals surface area contributed by atoms with Gasteiger partial charge in [-0.25, -0.2) is 13.2 Å². The van der Waals surface area contributed by atoms with Crippen LogP contribution in [-0.2, 0) is 4.74 Å². The molecule has 6 nitrogen and oxygen atoms in total. The van der Waals surface area contributed by atoms with Crippen LogP contribution >= 0.6 is 0 Å². The molecule has 1 aromatic heterocycles.